The highest BCUT2D eigenvalue weighted by atomic mass is 19.3. The maximum atomic E-state index is 14.9. The van der Waals surface area contributed by atoms with Gasteiger partial charge in [0.05, 0.1) is 25.8 Å². The molecule has 2 aliphatic rings. The molecule has 0 atom stereocenters. The van der Waals surface area contributed by atoms with Crippen molar-refractivity contribution >= 4 is 23.9 Å². The van der Waals surface area contributed by atoms with E-state index in [-0.39, 0.29) is 12.2 Å². The van der Waals surface area contributed by atoms with Crippen molar-refractivity contribution in [1.82, 2.24) is 15.1 Å². The molecule has 0 saturated heterocycles. The lowest BCUT2D eigenvalue weighted by molar-refractivity contribution is -0.140. The number of hydrogen-bond donors (Lipinski definition) is 1. The van der Waals surface area contributed by atoms with Gasteiger partial charge in [0, 0.05) is 48.4 Å². The van der Waals surface area contributed by atoms with Gasteiger partial charge >= 0.3 is 12.1 Å². The summed E-state index contributed by atoms with van der Waals surface area (Å²) in [7, 11) is 1.06. The second-order valence-corrected chi connectivity index (χ2v) is 10.1. The summed E-state index contributed by atoms with van der Waals surface area (Å²) in [5, 5.41) is 2.36. The lowest BCUT2D eigenvalue weighted by Gasteiger charge is -2.33. The summed E-state index contributed by atoms with van der Waals surface area (Å²) >= 11 is 0. The van der Waals surface area contributed by atoms with Crippen LogP contribution in [0.15, 0.2) is 71.1 Å². The number of rotatable bonds is 7. The van der Waals surface area contributed by atoms with E-state index in [1.54, 1.807) is 20.8 Å². The number of methoxy groups -OCH3 is 1. The number of alkyl halides is 2. The van der Waals surface area contributed by atoms with Gasteiger partial charge in [0.1, 0.15) is 28.7 Å². The fourth-order valence-corrected chi connectivity index (χ4v) is 3.96. The van der Waals surface area contributed by atoms with E-state index >= 15 is 0 Å². The van der Waals surface area contributed by atoms with Crippen LogP contribution in [-0.2, 0) is 35.1 Å². The predicted molar refractivity (Wildman–Crippen MR) is 143 cm³/mol. The van der Waals surface area contributed by atoms with Crippen LogP contribution in [0.4, 0.5) is 22.4 Å². The molecule has 14 heteroatoms. The highest BCUT2D eigenvalue weighted by Gasteiger charge is 2.40. The van der Waals surface area contributed by atoms with E-state index in [2.05, 4.69) is 5.32 Å². The summed E-state index contributed by atoms with van der Waals surface area (Å²) in [6.45, 7) is 5.00. The molecule has 3 rings (SSSR count). The normalized spacial score (nSPS) is 16.5. The molecule has 0 bridgehead atoms. The first-order valence-corrected chi connectivity index (χ1v) is 12.8. The SMILES string of the molecule is CCOC(=O)C1=C(OC)C(=C=O)C(C(=O)NCc2ccc(F)cc2F)=CN1C1=CC(F)(F)C=CN(C(=O)OC(C)(C)C)C1. The molecule has 2 amide bonds. The second-order valence-electron chi connectivity index (χ2n) is 10.1. The van der Waals surface area contributed by atoms with Crippen LogP contribution in [0.2, 0.25) is 0 Å². The molecule has 0 unspecified atom stereocenters. The third kappa shape index (κ3) is 7.92. The van der Waals surface area contributed by atoms with Gasteiger partial charge in [-0.05, 0) is 33.8 Å². The first-order valence-electron chi connectivity index (χ1n) is 12.8. The lowest BCUT2D eigenvalue weighted by Crippen LogP contribution is -2.39. The van der Waals surface area contributed by atoms with Crippen LogP contribution < -0.4 is 5.32 Å². The van der Waals surface area contributed by atoms with Crippen LogP contribution in [0.3, 0.4) is 0 Å². The van der Waals surface area contributed by atoms with E-state index < -0.39 is 82.5 Å². The Labute approximate surface area is 244 Å². The number of benzene rings is 1. The largest absolute Gasteiger partial charge is 0.493 e. The summed E-state index contributed by atoms with van der Waals surface area (Å²) in [5.74, 6) is -6.60. The Kier molecular flexibility index (Phi) is 9.87. The fraction of sp³-hybridized carbons (Fsp3) is 0.345. The number of nitrogens with zero attached hydrogens (tertiary/aromatic N) is 2. The fourth-order valence-electron chi connectivity index (χ4n) is 3.96. The van der Waals surface area contributed by atoms with Gasteiger partial charge in [-0.25, -0.2) is 23.2 Å². The lowest BCUT2D eigenvalue weighted by atomic mass is 9.99. The molecule has 0 saturated carbocycles. The zero-order chi connectivity index (χ0) is 32.1. The third-order valence-electron chi connectivity index (χ3n) is 5.79. The first kappa shape index (κ1) is 32.7. The summed E-state index contributed by atoms with van der Waals surface area (Å²) in [6, 6.07) is 2.68. The molecule has 2 heterocycles. The van der Waals surface area contributed by atoms with E-state index in [9.17, 15) is 36.7 Å². The molecular weight excluding hydrogens is 578 g/mol. The summed E-state index contributed by atoms with van der Waals surface area (Å²) < 4.78 is 72.9. The van der Waals surface area contributed by atoms with Crippen LogP contribution in [-0.4, -0.2) is 65.5 Å². The Balaban J connectivity index is 2.13. The van der Waals surface area contributed by atoms with E-state index in [4.69, 9.17) is 14.2 Å². The van der Waals surface area contributed by atoms with Gasteiger partial charge in [-0.1, -0.05) is 6.07 Å². The topological polar surface area (TPSA) is 114 Å². The molecule has 0 radical (unpaired) electrons. The number of halogens is 4. The second kappa shape index (κ2) is 13.0. The van der Waals surface area contributed by atoms with Gasteiger partial charge in [0.2, 0.25) is 0 Å². The number of nitrogens with one attached hydrogen (secondary N) is 1. The average molecular weight is 608 g/mol. The van der Waals surface area contributed by atoms with Crippen LogP contribution in [0.1, 0.15) is 33.3 Å². The number of hydrogen-bond acceptors (Lipinski definition) is 8. The Hall–Kier alpha value is -4.84. The molecular formula is C29H29F4N3O7. The Morgan fingerprint density at radius 3 is 2.44 bits per heavy atom. The molecule has 10 nitrogen and oxygen atoms in total. The predicted octanol–water partition coefficient (Wildman–Crippen LogP) is 4.24. The van der Waals surface area contributed by atoms with E-state index in [1.165, 1.54) is 12.9 Å². The monoisotopic (exact) mass is 607 g/mol. The van der Waals surface area contributed by atoms with Crippen LogP contribution >= 0.6 is 0 Å². The summed E-state index contributed by atoms with van der Waals surface area (Å²) in [6.07, 6.45) is 1.60. The number of amides is 2. The van der Waals surface area contributed by atoms with Crippen molar-refractivity contribution in [2.24, 2.45) is 0 Å². The number of ether oxygens (including phenoxy) is 3. The Morgan fingerprint density at radius 1 is 1.16 bits per heavy atom. The number of carbonyl (C=O) groups is 3. The smallest absolute Gasteiger partial charge is 0.414 e. The van der Waals surface area contributed by atoms with Gasteiger partial charge < -0.3 is 24.4 Å². The van der Waals surface area contributed by atoms with Gasteiger partial charge in [0.15, 0.2) is 11.5 Å². The zero-order valence-corrected chi connectivity index (χ0v) is 23.9. The van der Waals surface area contributed by atoms with Gasteiger partial charge in [-0.2, -0.15) is 8.78 Å². The summed E-state index contributed by atoms with van der Waals surface area (Å²) in [4.78, 5) is 52.9. The molecule has 1 aromatic rings. The third-order valence-corrected chi connectivity index (χ3v) is 5.79. The van der Waals surface area contributed by atoms with Crippen LogP contribution in [0.25, 0.3) is 0 Å². The van der Waals surface area contributed by atoms with Gasteiger partial charge in [-0.15, -0.1) is 0 Å². The summed E-state index contributed by atoms with van der Waals surface area (Å²) in [5.41, 5.74) is -3.11. The average Bonchev–Trinajstić information content (AvgIpc) is 3.08. The minimum atomic E-state index is -3.66. The van der Waals surface area contributed by atoms with Crippen molar-refractivity contribution in [1.29, 1.82) is 0 Å². The highest BCUT2D eigenvalue weighted by Crippen LogP contribution is 2.36. The molecule has 0 aromatic heterocycles. The first-order chi connectivity index (χ1) is 20.1. The minimum absolute atomic E-state index is 0.0976. The van der Waals surface area contributed by atoms with Gasteiger partial charge in [0.25, 0.3) is 11.8 Å². The molecule has 230 valence electrons. The standard InChI is InChI=1S/C29H29F4N3O7/c1-6-42-26(39)23-24(41-5)21(16-37)20(25(38)34-13-17-7-8-18(30)11-22(17)31)15-36(23)19-12-29(32,33)9-10-35(14-19)27(40)43-28(2,3)4/h7-12,15H,6,13-14H2,1-5H3,(H,34,38). The van der Waals surface area contributed by atoms with E-state index in [0.717, 1.165) is 41.4 Å². The molecule has 0 fully saturated rings. The van der Waals surface area contributed by atoms with Crippen LogP contribution in [0.5, 0.6) is 0 Å². The minimum Gasteiger partial charge on any atom is -0.493 e. The Bertz CT molecular complexity index is 1480. The molecule has 1 aromatic carbocycles. The maximum Gasteiger partial charge on any atom is 0.414 e. The van der Waals surface area contributed by atoms with Crippen molar-refractivity contribution in [2.75, 3.05) is 20.3 Å². The highest BCUT2D eigenvalue weighted by molar-refractivity contribution is 6.04. The molecule has 43 heavy (non-hydrogen) atoms. The quantitative estimate of drug-likeness (QED) is 0.278. The van der Waals surface area contributed by atoms with Gasteiger partial charge in [-0.3, -0.25) is 9.69 Å². The van der Waals surface area contributed by atoms with Crippen molar-refractivity contribution in [3.8, 4) is 0 Å². The molecule has 1 N–H and O–H groups in total. The van der Waals surface area contributed by atoms with E-state index in [0.29, 0.717) is 18.2 Å². The molecule has 2 aliphatic heterocycles. The number of esters is 1. The molecule has 0 spiro atoms. The Morgan fingerprint density at radius 2 is 1.86 bits per heavy atom. The zero-order valence-electron chi connectivity index (χ0n) is 23.9. The van der Waals surface area contributed by atoms with Crippen LogP contribution in [0, 0.1) is 11.6 Å². The van der Waals surface area contributed by atoms with E-state index in [1.807, 2.05) is 0 Å². The van der Waals surface area contributed by atoms with Crippen molar-refractivity contribution in [3.63, 3.8) is 0 Å². The molecule has 0 aliphatic carbocycles. The van der Waals surface area contributed by atoms with Crippen molar-refractivity contribution in [3.05, 3.63) is 88.2 Å². The number of carbonyl (C=O) groups excluding carboxylic acids is 4. The maximum absolute atomic E-state index is 14.9. The van der Waals surface area contributed by atoms with Crippen molar-refractivity contribution < 1.29 is 51.0 Å². The van der Waals surface area contributed by atoms with Crippen molar-refractivity contribution in [2.45, 2.75) is 45.8 Å². The number of allylic oxidation sites excluding steroid dienone is 3.